The van der Waals surface area contributed by atoms with E-state index < -0.39 is 0 Å². The lowest BCUT2D eigenvalue weighted by molar-refractivity contribution is -0.130. The second kappa shape index (κ2) is 6.17. The van der Waals surface area contributed by atoms with Crippen molar-refractivity contribution in [2.24, 2.45) is 5.92 Å². The summed E-state index contributed by atoms with van der Waals surface area (Å²) in [4.78, 5) is 15.1. The first-order chi connectivity index (χ1) is 8.25. The summed E-state index contributed by atoms with van der Waals surface area (Å²) in [6.07, 6.45) is 2.71. The standard InChI is InChI=1S/C13H20N2OS/c1-15(10-11-6-7-14-9-11)13(16)5-4-12-3-2-8-17-12/h2-3,8,11,14H,4-7,9-10H2,1H3. The molecule has 17 heavy (non-hydrogen) atoms. The molecule has 1 amide bonds. The van der Waals surface area contributed by atoms with E-state index in [1.807, 2.05) is 18.0 Å². The van der Waals surface area contributed by atoms with Crippen LogP contribution in [0.2, 0.25) is 0 Å². The Balaban J connectivity index is 1.71. The van der Waals surface area contributed by atoms with Gasteiger partial charge < -0.3 is 10.2 Å². The molecule has 94 valence electrons. The van der Waals surface area contributed by atoms with Crippen molar-refractivity contribution in [1.29, 1.82) is 0 Å². The molecule has 2 heterocycles. The van der Waals surface area contributed by atoms with Gasteiger partial charge in [0.2, 0.25) is 5.91 Å². The first kappa shape index (κ1) is 12.6. The van der Waals surface area contributed by atoms with Gasteiger partial charge in [0.25, 0.3) is 0 Å². The van der Waals surface area contributed by atoms with Crippen molar-refractivity contribution in [2.75, 3.05) is 26.7 Å². The number of hydrogen-bond donors (Lipinski definition) is 1. The third-order valence-corrected chi connectivity index (χ3v) is 4.22. The molecule has 0 aromatic carbocycles. The number of carbonyl (C=O) groups is 1. The minimum atomic E-state index is 0.269. The van der Waals surface area contributed by atoms with Gasteiger partial charge in [-0.2, -0.15) is 0 Å². The highest BCUT2D eigenvalue weighted by Crippen LogP contribution is 2.13. The predicted molar refractivity (Wildman–Crippen MR) is 71.3 cm³/mol. The average Bonchev–Trinajstić information content (AvgIpc) is 2.98. The van der Waals surface area contributed by atoms with E-state index in [9.17, 15) is 4.79 Å². The van der Waals surface area contributed by atoms with Crippen LogP contribution in [-0.2, 0) is 11.2 Å². The molecule has 4 heteroatoms. The summed E-state index contributed by atoms with van der Waals surface area (Å²) in [7, 11) is 1.93. The molecule has 1 fully saturated rings. The van der Waals surface area contributed by atoms with Crippen molar-refractivity contribution in [3.05, 3.63) is 22.4 Å². The van der Waals surface area contributed by atoms with Crippen LogP contribution in [0.25, 0.3) is 0 Å². The topological polar surface area (TPSA) is 32.3 Å². The third kappa shape index (κ3) is 3.82. The zero-order valence-corrected chi connectivity index (χ0v) is 11.1. The van der Waals surface area contributed by atoms with Crippen LogP contribution in [0.5, 0.6) is 0 Å². The maximum Gasteiger partial charge on any atom is 0.222 e. The number of amides is 1. The lowest BCUT2D eigenvalue weighted by Crippen LogP contribution is -2.32. The molecule has 0 spiro atoms. The summed E-state index contributed by atoms with van der Waals surface area (Å²) in [5.74, 6) is 0.913. The Morgan fingerprint density at radius 3 is 3.18 bits per heavy atom. The van der Waals surface area contributed by atoms with Gasteiger partial charge in [-0.25, -0.2) is 0 Å². The van der Waals surface area contributed by atoms with E-state index in [0.717, 1.165) is 26.1 Å². The highest BCUT2D eigenvalue weighted by atomic mass is 32.1. The summed E-state index contributed by atoms with van der Waals surface area (Å²) in [6.45, 7) is 3.06. The van der Waals surface area contributed by atoms with Gasteiger partial charge in [-0.05, 0) is 43.3 Å². The van der Waals surface area contributed by atoms with Gasteiger partial charge in [0.1, 0.15) is 0 Å². The van der Waals surface area contributed by atoms with Crippen LogP contribution in [0, 0.1) is 5.92 Å². The number of nitrogens with one attached hydrogen (secondary N) is 1. The Bertz CT molecular complexity index is 344. The van der Waals surface area contributed by atoms with Crippen LogP contribution in [-0.4, -0.2) is 37.5 Å². The lowest BCUT2D eigenvalue weighted by Gasteiger charge is -2.20. The Kier molecular flexibility index (Phi) is 4.57. The summed E-state index contributed by atoms with van der Waals surface area (Å²) < 4.78 is 0. The van der Waals surface area contributed by atoms with Gasteiger partial charge in [-0.3, -0.25) is 4.79 Å². The molecule has 0 saturated carbocycles. The zero-order valence-electron chi connectivity index (χ0n) is 10.3. The first-order valence-electron chi connectivity index (χ1n) is 6.23. The van der Waals surface area contributed by atoms with Crippen LogP contribution in [0.4, 0.5) is 0 Å². The fourth-order valence-corrected chi connectivity index (χ4v) is 2.94. The molecule has 1 aromatic heterocycles. The fraction of sp³-hybridized carbons (Fsp3) is 0.615. The number of thiophene rings is 1. The Labute approximate surface area is 107 Å². The summed E-state index contributed by atoms with van der Waals surface area (Å²) >= 11 is 1.73. The Morgan fingerprint density at radius 2 is 2.53 bits per heavy atom. The third-order valence-electron chi connectivity index (χ3n) is 3.29. The van der Waals surface area contributed by atoms with E-state index in [1.165, 1.54) is 11.3 Å². The van der Waals surface area contributed by atoms with E-state index >= 15 is 0 Å². The molecular weight excluding hydrogens is 232 g/mol. The minimum absolute atomic E-state index is 0.269. The molecule has 1 aliphatic rings. The molecule has 3 nitrogen and oxygen atoms in total. The van der Waals surface area contributed by atoms with Crippen LogP contribution in [0.15, 0.2) is 17.5 Å². The smallest absolute Gasteiger partial charge is 0.222 e. The van der Waals surface area contributed by atoms with Crippen molar-refractivity contribution in [1.82, 2.24) is 10.2 Å². The SMILES string of the molecule is CN(CC1CCNC1)C(=O)CCc1cccs1. The largest absolute Gasteiger partial charge is 0.345 e. The first-order valence-corrected chi connectivity index (χ1v) is 7.10. The molecule has 0 bridgehead atoms. The van der Waals surface area contributed by atoms with Crippen molar-refractivity contribution in [2.45, 2.75) is 19.3 Å². The van der Waals surface area contributed by atoms with E-state index in [4.69, 9.17) is 0 Å². The maximum atomic E-state index is 11.9. The maximum absolute atomic E-state index is 11.9. The zero-order chi connectivity index (χ0) is 12.1. The molecule has 0 aliphatic carbocycles. The van der Waals surface area contributed by atoms with Gasteiger partial charge in [0.05, 0.1) is 0 Å². The molecule has 1 aromatic rings. The molecule has 1 atom stereocenters. The average molecular weight is 252 g/mol. The Morgan fingerprint density at radius 1 is 1.65 bits per heavy atom. The van der Waals surface area contributed by atoms with E-state index in [-0.39, 0.29) is 5.91 Å². The molecule has 1 N–H and O–H groups in total. The minimum Gasteiger partial charge on any atom is -0.345 e. The number of nitrogens with zero attached hydrogens (tertiary/aromatic N) is 1. The lowest BCUT2D eigenvalue weighted by atomic mass is 10.1. The van der Waals surface area contributed by atoms with Crippen LogP contribution in [0.1, 0.15) is 17.7 Å². The number of carbonyl (C=O) groups excluding carboxylic acids is 1. The molecular formula is C13H20N2OS. The van der Waals surface area contributed by atoms with Crippen molar-refractivity contribution in [3.8, 4) is 0 Å². The van der Waals surface area contributed by atoms with Gasteiger partial charge in [0.15, 0.2) is 0 Å². The van der Waals surface area contributed by atoms with Gasteiger partial charge in [-0.1, -0.05) is 6.07 Å². The summed E-state index contributed by atoms with van der Waals surface area (Å²) in [6, 6.07) is 4.14. The normalized spacial score (nSPS) is 19.5. The van der Waals surface area contributed by atoms with Gasteiger partial charge >= 0.3 is 0 Å². The van der Waals surface area contributed by atoms with Crippen molar-refractivity contribution < 1.29 is 4.79 Å². The van der Waals surface area contributed by atoms with E-state index in [0.29, 0.717) is 12.3 Å². The Hall–Kier alpha value is -0.870. The highest BCUT2D eigenvalue weighted by Gasteiger charge is 2.18. The molecule has 0 radical (unpaired) electrons. The van der Waals surface area contributed by atoms with Crippen molar-refractivity contribution in [3.63, 3.8) is 0 Å². The van der Waals surface area contributed by atoms with E-state index in [2.05, 4.69) is 16.8 Å². The van der Waals surface area contributed by atoms with Crippen LogP contribution < -0.4 is 5.32 Å². The number of aryl methyl sites for hydroxylation is 1. The van der Waals surface area contributed by atoms with Crippen molar-refractivity contribution >= 4 is 17.2 Å². The molecule has 1 unspecified atom stereocenters. The van der Waals surface area contributed by atoms with Crippen LogP contribution in [0.3, 0.4) is 0 Å². The second-order valence-corrected chi connectivity index (χ2v) is 5.74. The van der Waals surface area contributed by atoms with Gasteiger partial charge in [-0.15, -0.1) is 11.3 Å². The quantitative estimate of drug-likeness (QED) is 0.866. The van der Waals surface area contributed by atoms with E-state index in [1.54, 1.807) is 11.3 Å². The fourth-order valence-electron chi connectivity index (χ4n) is 2.24. The molecule has 1 aliphatic heterocycles. The molecule has 1 saturated heterocycles. The highest BCUT2D eigenvalue weighted by molar-refractivity contribution is 7.09. The number of rotatable bonds is 5. The summed E-state index contributed by atoms with van der Waals surface area (Å²) in [5, 5.41) is 5.40. The van der Waals surface area contributed by atoms with Gasteiger partial charge in [0, 0.05) is 24.9 Å². The second-order valence-electron chi connectivity index (χ2n) is 4.71. The molecule has 2 rings (SSSR count). The van der Waals surface area contributed by atoms with Crippen LogP contribution >= 0.6 is 11.3 Å². The number of hydrogen-bond acceptors (Lipinski definition) is 3. The monoisotopic (exact) mass is 252 g/mol. The predicted octanol–water partition coefficient (Wildman–Crippen LogP) is 1.75. The summed E-state index contributed by atoms with van der Waals surface area (Å²) in [5.41, 5.74) is 0.